The largest absolute Gasteiger partial charge is 0.483 e. The van der Waals surface area contributed by atoms with Crippen LogP contribution < -0.4 is 15.5 Å². The number of pyridine rings is 1. The zero-order chi connectivity index (χ0) is 19.5. The van der Waals surface area contributed by atoms with Crippen LogP contribution in [0.25, 0.3) is 11.0 Å². The Morgan fingerprint density at radius 1 is 1.14 bits per heavy atom. The number of hydrogen-bond acceptors (Lipinski definition) is 4. The Labute approximate surface area is 164 Å². The van der Waals surface area contributed by atoms with Gasteiger partial charge in [0.15, 0.2) is 5.75 Å². The van der Waals surface area contributed by atoms with E-state index >= 15 is 0 Å². The lowest BCUT2D eigenvalue weighted by molar-refractivity contribution is 0.102. The van der Waals surface area contributed by atoms with Gasteiger partial charge in [-0.1, -0.05) is 41.9 Å². The minimum atomic E-state index is -0.492. The SMILES string of the molecule is O=C(Nc1nc2ccccc2[nH]1)c1cc(=O)c(OCc2ccccc2Cl)c[nH]1. The minimum Gasteiger partial charge on any atom is -0.483 e. The molecule has 0 spiro atoms. The van der Waals surface area contributed by atoms with Gasteiger partial charge in [0.1, 0.15) is 12.3 Å². The summed E-state index contributed by atoms with van der Waals surface area (Å²) in [6.07, 6.45) is 1.35. The molecule has 4 rings (SSSR count). The van der Waals surface area contributed by atoms with Crippen LogP contribution in [0, 0.1) is 0 Å². The summed E-state index contributed by atoms with van der Waals surface area (Å²) in [5.74, 6) is -0.0971. The second-order valence-electron chi connectivity index (χ2n) is 6.01. The number of carbonyl (C=O) groups excluding carboxylic acids is 1. The van der Waals surface area contributed by atoms with Crippen LogP contribution in [-0.4, -0.2) is 20.9 Å². The van der Waals surface area contributed by atoms with E-state index in [1.54, 1.807) is 6.07 Å². The van der Waals surface area contributed by atoms with Crippen LogP contribution in [0.15, 0.2) is 65.6 Å². The number of nitrogens with zero attached hydrogens (tertiary/aromatic N) is 1. The molecular formula is C20H15ClN4O3. The van der Waals surface area contributed by atoms with Crippen molar-refractivity contribution in [1.82, 2.24) is 15.0 Å². The first kappa shape index (κ1) is 17.8. The van der Waals surface area contributed by atoms with Gasteiger partial charge in [0, 0.05) is 22.8 Å². The van der Waals surface area contributed by atoms with Gasteiger partial charge in [-0.15, -0.1) is 0 Å². The predicted molar refractivity (Wildman–Crippen MR) is 107 cm³/mol. The third-order valence-corrected chi connectivity index (χ3v) is 4.45. The number of halogens is 1. The van der Waals surface area contributed by atoms with Crippen molar-refractivity contribution in [2.75, 3.05) is 5.32 Å². The number of aromatic amines is 2. The van der Waals surface area contributed by atoms with Gasteiger partial charge in [0.25, 0.3) is 5.91 Å². The first-order valence-corrected chi connectivity index (χ1v) is 8.83. The fourth-order valence-electron chi connectivity index (χ4n) is 2.66. The molecule has 7 nitrogen and oxygen atoms in total. The molecule has 0 unspecified atom stereocenters. The molecule has 0 aliphatic carbocycles. The second kappa shape index (κ2) is 7.58. The van der Waals surface area contributed by atoms with Crippen molar-refractivity contribution in [2.24, 2.45) is 0 Å². The molecule has 0 saturated heterocycles. The highest BCUT2D eigenvalue weighted by molar-refractivity contribution is 6.31. The highest BCUT2D eigenvalue weighted by atomic mass is 35.5. The van der Waals surface area contributed by atoms with Crippen molar-refractivity contribution in [3.05, 3.63) is 87.3 Å². The lowest BCUT2D eigenvalue weighted by Gasteiger charge is -2.08. The number of anilines is 1. The molecule has 0 fully saturated rings. The van der Waals surface area contributed by atoms with Crippen molar-refractivity contribution in [3.63, 3.8) is 0 Å². The van der Waals surface area contributed by atoms with E-state index in [9.17, 15) is 9.59 Å². The summed E-state index contributed by atoms with van der Waals surface area (Å²) < 4.78 is 5.52. The number of H-pyrrole nitrogens is 2. The van der Waals surface area contributed by atoms with Crippen LogP contribution >= 0.6 is 11.6 Å². The number of rotatable bonds is 5. The van der Waals surface area contributed by atoms with E-state index in [2.05, 4.69) is 20.3 Å². The molecule has 4 aromatic rings. The normalized spacial score (nSPS) is 10.8. The van der Waals surface area contributed by atoms with Crippen molar-refractivity contribution in [2.45, 2.75) is 6.61 Å². The van der Waals surface area contributed by atoms with Crippen LogP contribution in [0.1, 0.15) is 16.1 Å². The summed E-state index contributed by atoms with van der Waals surface area (Å²) in [6, 6.07) is 15.8. The van der Waals surface area contributed by atoms with E-state index in [1.165, 1.54) is 12.3 Å². The van der Waals surface area contributed by atoms with Crippen molar-refractivity contribution >= 4 is 34.5 Å². The number of carbonyl (C=O) groups is 1. The molecule has 0 bridgehead atoms. The van der Waals surface area contributed by atoms with Gasteiger partial charge >= 0.3 is 0 Å². The highest BCUT2D eigenvalue weighted by Crippen LogP contribution is 2.17. The van der Waals surface area contributed by atoms with Gasteiger partial charge < -0.3 is 14.7 Å². The summed E-state index contributed by atoms with van der Waals surface area (Å²) >= 11 is 6.08. The maximum Gasteiger partial charge on any atom is 0.274 e. The molecule has 0 aliphatic rings. The fourth-order valence-corrected chi connectivity index (χ4v) is 2.85. The fraction of sp³-hybridized carbons (Fsp3) is 0.0500. The monoisotopic (exact) mass is 394 g/mol. The summed E-state index contributed by atoms with van der Waals surface area (Å²) in [7, 11) is 0. The van der Waals surface area contributed by atoms with Gasteiger partial charge in [0.2, 0.25) is 11.4 Å². The molecule has 0 aliphatic heterocycles. The Hall–Kier alpha value is -3.58. The Kier molecular flexibility index (Phi) is 4.82. The average Bonchev–Trinajstić information content (AvgIpc) is 3.10. The molecule has 3 N–H and O–H groups in total. The van der Waals surface area contributed by atoms with Crippen molar-refractivity contribution < 1.29 is 9.53 Å². The second-order valence-corrected chi connectivity index (χ2v) is 6.42. The molecule has 28 heavy (non-hydrogen) atoms. The number of nitrogens with one attached hydrogen (secondary N) is 3. The van der Waals surface area contributed by atoms with E-state index in [-0.39, 0.29) is 18.1 Å². The lowest BCUT2D eigenvalue weighted by atomic mass is 10.2. The number of ether oxygens (including phenoxy) is 1. The molecule has 2 aromatic heterocycles. The number of fused-ring (bicyclic) bond motifs is 1. The molecule has 1 amide bonds. The lowest BCUT2D eigenvalue weighted by Crippen LogP contribution is -2.18. The van der Waals surface area contributed by atoms with E-state index in [0.29, 0.717) is 11.0 Å². The van der Waals surface area contributed by atoms with E-state index in [1.807, 2.05) is 42.5 Å². The molecule has 140 valence electrons. The first-order valence-electron chi connectivity index (χ1n) is 8.45. The average molecular weight is 395 g/mol. The van der Waals surface area contributed by atoms with E-state index in [0.717, 1.165) is 16.6 Å². The first-order chi connectivity index (χ1) is 13.6. The standard InChI is InChI=1S/C20H15ClN4O3/c21-13-6-2-1-5-12(13)11-28-18-10-22-16(9-17(18)26)19(27)25-20-23-14-7-3-4-8-15(14)24-20/h1-10H,11H2,(H,22,26)(H2,23,24,25,27). The van der Waals surface area contributed by atoms with Crippen LogP contribution in [0.5, 0.6) is 5.75 Å². The van der Waals surface area contributed by atoms with Crippen LogP contribution in [-0.2, 0) is 6.61 Å². The zero-order valence-electron chi connectivity index (χ0n) is 14.5. The van der Waals surface area contributed by atoms with Crippen molar-refractivity contribution in [3.8, 4) is 5.75 Å². The third-order valence-electron chi connectivity index (χ3n) is 4.08. The van der Waals surface area contributed by atoms with E-state index in [4.69, 9.17) is 16.3 Å². The number of aromatic nitrogens is 3. The number of imidazole rings is 1. The van der Waals surface area contributed by atoms with Crippen LogP contribution in [0.4, 0.5) is 5.95 Å². The molecular weight excluding hydrogens is 380 g/mol. The molecule has 2 heterocycles. The molecule has 0 saturated carbocycles. The Bertz CT molecular complexity index is 1180. The van der Waals surface area contributed by atoms with Gasteiger partial charge in [-0.3, -0.25) is 14.9 Å². The number of hydrogen-bond donors (Lipinski definition) is 3. The van der Waals surface area contributed by atoms with Gasteiger partial charge in [-0.05, 0) is 18.2 Å². The zero-order valence-corrected chi connectivity index (χ0v) is 15.3. The number of amides is 1. The smallest absolute Gasteiger partial charge is 0.274 e. The third kappa shape index (κ3) is 3.74. The highest BCUT2D eigenvalue weighted by Gasteiger charge is 2.12. The quantitative estimate of drug-likeness (QED) is 0.480. The van der Waals surface area contributed by atoms with E-state index < -0.39 is 11.3 Å². The molecule has 8 heteroatoms. The van der Waals surface area contributed by atoms with Crippen LogP contribution in [0.2, 0.25) is 5.02 Å². The Morgan fingerprint density at radius 3 is 2.71 bits per heavy atom. The van der Waals surface area contributed by atoms with Gasteiger partial charge in [0.05, 0.1) is 11.0 Å². The summed E-state index contributed by atoms with van der Waals surface area (Å²) in [6.45, 7) is 0.146. The summed E-state index contributed by atoms with van der Waals surface area (Å²) in [5, 5.41) is 3.18. The molecule has 0 atom stereocenters. The number of para-hydroxylation sites is 2. The number of benzene rings is 2. The van der Waals surface area contributed by atoms with Gasteiger partial charge in [-0.25, -0.2) is 4.98 Å². The Morgan fingerprint density at radius 2 is 1.93 bits per heavy atom. The maximum absolute atomic E-state index is 12.4. The summed E-state index contributed by atoms with van der Waals surface area (Å²) in [5.41, 5.74) is 1.97. The predicted octanol–water partition coefficient (Wildman–Crippen LogP) is 3.74. The topological polar surface area (TPSA) is 99.9 Å². The Balaban J connectivity index is 1.46. The molecule has 0 radical (unpaired) electrons. The summed E-state index contributed by atoms with van der Waals surface area (Å²) in [4.78, 5) is 34.7. The maximum atomic E-state index is 12.4. The van der Waals surface area contributed by atoms with Crippen LogP contribution in [0.3, 0.4) is 0 Å². The van der Waals surface area contributed by atoms with Crippen molar-refractivity contribution in [1.29, 1.82) is 0 Å². The molecule has 2 aromatic carbocycles. The minimum absolute atomic E-state index is 0.0931. The van der Waals surface area contributed by atoms with Gasteiger partial charge in [-0.2, -0.15) is 0 Å².